The van der Waals surface area contributed by atoms with E-state index in [-0.39, 0.29) is 16.6 Å². The number of amides is 1. The summed E-state index contributed by atoms with van der Waals surface area (Å²) in [5.41, 5.74) is 1.41. The third-order valence-corrected chi connectivity index (χ3v) is 4.86. The molecule has 21 heavy (non-hydrogen) atoms. The molecule has 0 fully saturated rings. The first-order chi connectivity index (χ1) is 9.85. The lowest BCUT2D eigenvalue weighted by Crippen LogP contribution is -2.13. The third kappa shape index (κ3) is 3.13. The number of carbonyl (C=O) groups excluding carboxylic acids is 1. The summed E-state index contributed by atoms with van der Waals surface area (Å²) >= 11 is 0. The molecule has 0 aliphatic carbocycles. The van der Waals surface area contributed by atoms with E-state index in [4.69, 9.17) is 4.52 Å². The van der Waals surface area contributed by atoms with Crippen molar-refractivity contribution in [2.24, 2.45) is 0 Å². The molecule has 1 N–H and O–H groups in total. The smallest absolute Gasteiger partial charge is 0.261 e. The van der Waals surface area contributed by atoms with Crippen LogP contribution in [0.2, 0.25) is 0 Å². The molecule has 0 saturated carbocycles. The average molecular weight is 308 g/mol. The highest BCUT2D eigenvalue weighted by atomic mass is 32.2. The molecule has 6 nitrogen and oxygen atoms in total. The molecule has 1 aromatic carbocycles. The van der Waals surface area contributed by atoms with Crippen molar-refractivity contribution < 1.29 is 17.7 Å². The highest BCUT2D eigenvalue weighted by Gasteiger charge is 2.18. The van der Waals surface area contributed by atoms with Crippen LogP contribution >= 0.6 is 0 Å². The number of anilines is 1. The van der Waals surface area contributed by atoms with Gasteiger partial charge in [0.15, 0.2) is 9.84 Å². The zero-order valence-corrected chi connectivity index (χ0v) is 12.8. The fourth-order valence-electron chi connectivity index (χ4n) is 1.91. The number of rotatable bonds is 4. The molecule has 2 aromatic rings. The van der Waals surface area contributed by atoms with Crippen LogP contribution in [0.25, 0.3) is 0 Å². The first-order valence-corrected chi connectivity index (χ1v) is 8.07. The Kier molecular flexibility index (Phi) is 4.13. The fourth-order valence-corrected chi connectivity index (χ4v) is 2.80. The van der Waals surface area contributed by atoms with E-state index < -0.39 is 9.84 Å². The van der Waals surface area contributed by atoms with Crippen LogP contribution in [-0.4, -0.2) is 25.2 Å². The van der Waals surface area contributed by atoms with Gasteiger partial charge in [0.05, 0.1) is 16.3 Å². The molecular weight excluding hydrogens is 292 g/mol. The van der Waals surface area contributed by atoms with Crippen LogP contribution in [0.15, 0.2) is 33.7 Å². The fraction of sp³-hybridized carbons (Fsp3) is 0.286. The van der Waals surface area contributed by atoms with Crippen molar-refractivity contribution in [2.75, 3.05) is 11.1 Å². The maximum Gasteiger partial charge on any atom is 0.261 e. The minimum absolute atomic E-state index is 0.0395. The summed E-state index contributed by atoms with van der Waals surface area (Å²) in [7, 11) is -3.24. The number of aryl methyl sites for hydroxylation is 2. The van der Waals surface area contributed by atoms with Gasteiger partial charge in [0, 0.05) is 5.69 Å². The van der Waals surface area contributed by atoms with Crippen molar-refractivity contribution in [1.82, 2.24) is 5.16 Å². The Balaban J connectivity index is 2.20. The van der Waals surface area contributed by atoms with Crippen LogP contribution < -0.4 is 5.32 Å². The van der Waals surface area contributed by atoms with Crippen LogP contribution in [0.1, 0.15) is 28.7 Å². The van der Waals surface area contributed by atoms with Gasteiger partial charge in [0.25, 0.3) is 5.91 Å². The van der Waals surface area contributed by atoms with Gasteiger partial charge in [-0.25, -0.2) is 8.42 Å². The number of benzene rings is 1. The van der Waals surface area contributed by atoms with Crippen molar-refractivity contribution in [3.8, 4) is 0 Å². The lowest BCUT2D eigenvalue weighted by atomic mass is 10.2. The Morgan fingerprint density at radius 2 is 1.86 bits per heavy atom. The topological polar surface area (TPSA) is 89.3 Å². The standard InChI is InChI=1S/C14H16N2O4S/c1-4-21(18,19)12-7-5-11(6-8-12)15-14(17)13-9(2)16-20-10(13)3/h5-8H,4H2,1-3H3,(H,15,17). The zero-order chi connectivity index (χ0) is 15.6. The van der Waals surface area contributed by atoms with E-state index in [1.807, 2.05) is 0 Å². The van der Waals surface area contributed by atoms with E-state index >= 15 is 0 Å². The Hall–Kier alpha value is -2.15. The summed E-state index contributed by atoms with van der Waals surface area (Å²) < 4.78 is 28.3. The molecule has 1 heterocycles. The maximum absolute atomic E-state index is 12.1. The number of nitrogens with zero attached hydrogens (tertiary/aromatic N) is 1. The molecular formula is C14H16N2O4S. The van der Waals surface area contributed by atoms with Crippen molar-refractivity contribution in [3.05, 3.63) is 41.3 Å². The van der Waals surface area contributed by atoms with Gasteiger partial charge >= 0.3 is 0 Å². The van der Waals surface area contributed by atoms with E-state index in [1.54, 1.807) is 32.9 Å². The monoisotopic (exact) mass is 308 g/mol. The molecule has 0 saturated heterocycles. The van der Waals surface area contributed by atoms with Gasteiger partial charge in [-0.1, -0.05) is 12.1 Å². The number of carbonyl (C=O) groups is 1. The van der Waals surface area contributed by atoms with E-state index in [0.29, 0.717) is 22.7 Å². The molecule has 0 aliphatic rings. The second kappa shape index (κ2) is 5.69. The molecule has 112 valence electrons. The number of sulfone groups is 1. The molecule has 0 bridgehead atoms. The molecule has 0 aliphatic heterocycles. The highest BCUT2D eigenvalue weighted by Crippen LogP contribution is 2.18. The Morgan fingerprint density at radius 1 is 1.24 bits per heavy atom. The van der Waals surface area contributed by atoms with E-state index in [1.165, 1.54) is 12.1 Å². The summed E-state index contributed by atoms with van der Waals surface area (Å²) in [5, 5.41) is 6.41. The molecule has 1 aromatic heterocycles. The number of nitrogens with one attached hydrogen (secondary N) is 1. The van der Waals surface area contributed by atoms with Crippen molar-refractivity contribution in [3.63, 3.8) is 0 Å². The molecule has 0 spiro atoms. The first-order valence-electron chi connectivity index (χ1n) is 6.42. The van der Waals surface area contributed by atoms with Gasteiger partial charge in [0.2, 0.25) is 0 Å². The molecule has 0 radical (unpaired) electrons. The van der Waals surface area contributed by atoms with Crippen LogP contribution in [0, 0.1) is 13.8 Å². The number of hydrogen-bond acceptors (Lipinski definition) is 5. The quantitative estimate of drug-likeness (QED) is 0.936. The Bertz CT molecular complexity index is 741. The zero-order valence-electron chi connectivity index (χ0n) is 12.0. The Morgan fingerprint density at radius 3 is 2.33 bits per heavy atom. The van der Waals surface area contributed by atoms with E-state index in [2.05, 4.69) is 10.5 Å². The van der Waals surface area contributed by atoms with Gasteiger partial charge in [-0.2, -0.15) is 0 Å². The van der Waals surface area contributed by atoms with Crippen LogP contribution in [-0.2, 0) is 9.84 Å². The van der Waals surface area contributed by atoms with Crippen LogP contribution in [0.3, 0.4) is 0 Å². The normalized spacial score (nSPS) is 11.4. The summed E-state index contributed by atoms with van der Waals surface area (Å²) in [6, 6.07) is 6.06. The lowest BCUT2D eigenvalue weighted by Gasteiger charge is -2.06. The van der Waals surface area contributed by atoms with Gasteiger partial charge in [0.1, 0.15) is 11.3 Å². The van der Waals surface area contributed by atoms with Crippen LogP contribution in [0.4, 0.5) is 5.69 Å². The SMILES string of the molecule is CCS(=O)(=O)c1ccc(NC(=O)c2c(C)noc2C)cc1. The predicted molar refractivity (Wildman–Crippen MR) is 78.1 cm³/mol. The van der Waals surface area contributed by atoms with E-state index in [0.717, 1.165) is 0 Å². The summed E-state index contributed by atoms with van der Waals surface area (Å²) in [6.07, 6.45) is 0. The predicted octanol–water partition coefficient (Wildman–Crippen LogP) is 2.34. The molecule has 0 unspecified atom stereocenters. The second-order valence-electron chi connectivity index (χ2n) is 4.58. The second-order valence-corrected chi connectivity index (χ2v) is 6.86. The maximum atomic E-state index is 12.1. The molecule has 0 atom stereocenters. The first kappa shape index (κ1) is 15.2. The molecule has 7 heteroatoms. The van der Waals surface area contributed by atoms with Crippen molar-refractivity contribution in [1.29, 1.82) is 0 Å². The van der Waals surface area contributed by atoms with Gasteiger partial charge in [-0.3, -0.25) is 4.79 Å². The van der Waals surface area contributed by atoms with Gasteiger partial charge in [-0.15, -0.1) is 0 Å². The van der Waals surface area contributed by atoms with Gasteiger partial charge < -0.3 is 9.84 Å². The largest absolute Gasteiger partial charge is 0.361 e. The van der Waals surface area contributed by atoms with Crippen molar-refractivity contribution >= 4 is 21.4 Å². The summed E-state index contributed by atoms with van der Waals surface area (Å²) in [5.74, 6) is 0.144. The third-order valence-electron chi connectivity index (χ3n) is 3.11. The number of hydrogen-bond donors (Lipinski definition) is 1. The van der Waals surface area contributed by atoms with E-state index in [9.17, 15) is 13.2 Å². The Labute approximate surface area is 123 Å². The highest BCUT2D eigenvalue weighted by molar-refractivity contribution is 7.91. The minimum atomic E-state index is -3.24. The molecule has 1 amide bonds. The minimum Gasteiger partial charge on any atom is -0.361 e. The van der Waals surface area contributed by atoms with Gasteiger partial charge in [-0.05, 0) is 38.1 Å². The number of aromatic nitrogens is 1. The summed E-state index contributed by atoms with van der Waals surface area (Å²) in [6.45, 7) is 4.93. The molecule has 2 rings (SSSR count). The summed E-state index contributed by atoms with van der Waals surface area (Å²) in [4.78, 5) is 12.4. The van der Waals surface area contributed by atoms with Crippen molar-refractivity contribution in [2.45, 2.75) is 25.7 Å². The average Bonchev–Trinajstić information content (AvgIpc) is 2.78. The lowest BCUT2D eigenvalue weighted by molar-refractivity contribution is 0.102. The van der Waals surface area contributed by atoms with Crippen LogP contribution in [0.5, 0.6) is 0 Å².